The molecule has 2 rings (SSSR count). The molecule has 1 aliphatic heterocycles. The zero-order valence-electron chi connectivity index (χ0n) is 16.1. The van der Waals surface area contributed by atoms with Crippen LogP contribution >= 0.6 is 23.2 Å². The third-order valence-electron chi connectivity index (χ3n) is 4.37. The second-order valence-corrected chi connectivity index (χ2v) is 7.41. The van der Waals surface area contributed by atoms with Gasteiger partial charge in [-0.05, 0) is 56.7 Å². The number of benzene rings is 1. The smallest absolute Gasteiger partial charge is 0.191 e. The number of ether oxygens (including phenoxy) is 2. The minimum Gasteiger partial charge on any atom is -0.381 e. The van der Waals surface area contributed by atoms with Gasteiger partial charge in [-0.25, -0.2) is 0 Å². The van der Waals surface area contributed by atoms with Gasteiger partial charge >= 0.3 is 0 Å². The summed E-state index contributed by atoms with van der Waals surface area (Å²) in [6.07, 6.45) is 5.16. The molecule has 1 fully saturated rings. The molecule has 0 amide bonds. The summed E-state index contributed by atoms with van der Waals surface area (Å²) < 4.78 is 11.2. The topological polar surface area (TPSA) is 54.9 Å². The van der Waals surface area contributed by atoms with Crippen molar-refractivity contribution in [3.05, 3.63) is 33.8 Å². The van der Waals surface area contributed by atoms with Gasteiger partial charge in [-0.15, -0.1) is 0 Å². The number of nitrogens with zero attached hydrogens (tertiary/aromatic N) is 1. The summed E-state index contributed by atoms with van der Waals surface area (Å²) in [4.78, 5) is 4.63. The Bertz CT molecular complexity index is 578. The predicted molar refractivity (Wildman–Crippen MR) is 113 cm³/mol. The summed E-state index contributed by atoms with van der Waals surface area (Å²) >= 11 is 12.1. The van der Waals surface area contributed by atoms with Gasteiger partial charge in [0.05, 0.1) is 6.10 Å². The molecule has 1 aliphatic rings. The van der Waals surface area contributed by atoms with Crippen molar-refractivity contribution in [2.75, 3.05) is 39.5 Å². The van der Waals surface area contributed by atoms with E-state index in [0.717, 1.165) is 88.1 Å². The van der Waals surface area contributed by atoms with Gasteiger partial charge in [0.2, 0.25) is 0 Å². The van der Waals surface area contributed by atoms with Crippen LogP contribution < -0.4 is 10.6 Å². The maximum absolute atomic E-state index is 6.21. The van der Waals surface area contributed by atoms with Gasteiger partial charge < -0.3 is 20.1 Å². The zero-order chi connectivity index (χ0) is 19.3. The van der Waals surface area contributed by atoms with Crippen LogP contribution in [0, 0.1) is 0 Å². The fourth-order valence-electron chi connectivity index (χ4n) is 2.90. The Hall–Kier alpha value is -1.01. The Labute approximate surface area is 172 Å². The monoisotopic (exact) mass is 415 g/mol. The van der Waals surface area contributed by atoms with Crippen LogP contribution in [0.25, 0.3) is 0 Å². The first-order chi connectivity index (χ1) is 13.2. The quantitative estimate of drug-likeness (QED) is 0.343. The van der Waals surface area contributed by atoms with E-state index in [4.69, 9.17) is 32.7 Å². The average molecular weight is 416 g/mol. The van der Waals surface area contributed by atoms with E-state index in [9.17, 15) is 0 Å². The van der Waals surface area contributed by atoms with Crippen LogP contribution in [0.5, 0.6) is 0 Å². The number of aliphatic imine (C=N–C) groups is 1. The van der Waals surface area contributed by atoms with E-state index in [1.165, 1.54) is 0 Å². The molecule has 1 heterocycles. The molecule has 27 heavy (non-hydrogen) atoms. The lowest BCUT2D eigenvalue weighted by Crippen LogP contribution is -2.38. The van der Waals surface area contributed by atoms with Crippen LogP contribution in [0.3, 0.4) is 0 Å². The largest absolute Gasteiger partial charge is 0.381 e. The van der Waals surface area contributed by atoms with Gasteiger partial charge in [0, 0.05) is 49.5 Å². The zero-order valence-corrected chi connectivity index (χ0v) is 17.6. The number of hydrogen-bond acceptors (Lipinski definition) is 3. The first-order valence-electron chi connectivity index (χ1n) is 9.84. The molecule has 5 nitrogen and oxygen atoms in total. The van der Waals surface area contributed by atoms with Crippen LogP contribution in [0.1, 0.15) is 38.2 Å². The Morgan fingerprint density at radius 2 is 2.04 bits per heavy atom. The van der Waals surface area contributed by atoms with E-state index in [1.807, 2.05) is 12.1 Å². The Morgan fingerprint density at radius 1 is 1.22 bits per heavy atom. The lowest BCUT2D eigenvalue weighted by molar-refractivity contribution is -0.0320. The number of halogens is 2. The first-order valence-corrected chi connectivity index (χ1v) is 10.6. The van der Waals surface area contributed by atoms with Gasteiger partial charge in [0.25, 0.3) is 0 Å². The SMILES string of the molecule is CCNC(=NCCCc1ccc(Cl)cc1Cl)NCCCOC1CCOCC1. The number of aryl methyl sites for hydroxylation is 1. The van der Waals surface area contributed by atoms with Gasteiger partial charge in [-0.2, -0.15) is 0 Å². The van der Waals surface area contributed by atoms with Crippen LogP contribution in [0.2, 0.25) is 10.0 Å². The van der Waals surface area contributed by atoms with Crippen LogP contribution in [0.4, 0.5) is 0 Å². The molecule has 0 unspecified atom stereocenters. The summed E-state index contributed by atoms with van der Waals surface area (Å²) in [5.74, 6) is 0.853. The maximum Gasteiger partial charge on any atom is 0.191 e. The number of guanidine groups is 1. The van der Waals surface area contributed by atoms with Crippen molar-refractivity contribution in [1.82, 2.24) is 10.6 Å². The molecule has 0 aromatic heterocycles. The van der Waals surface area contributed by atoms with Crippen molar-refractivity contribution >= 4 is 29.2 Å². The van der Waals surface area contributed by atoms with Crippen molar-refractivity contribution in [2.45, 2.75) is 45.1 Å². The van der Waals surface area contributed by atoms with E-state index in [1.54, 1.807) is 6.07 Å². The van der Waals surface area contributed by atoms with Gasteiger partial charge in [0.15, 0.2) is 5.96 Å². The molecule has 2 N–H and O–H groups in total. The molecule has 152 valence electrons. The molecule has 0 radical (unpaired) electrons. The van der Waals surface area contributed by atoms with Crippen LogP contribution in [-0.2, 0) is 15.9 Å². The molecule has 0 aliphatic carbocycles. The number of nitrogens with one attached hydrogen (secondary N) is 2. The number of hydrogen-bond donors (Lipinski definition) is 2. The van der Waals surface area contributed by atoms with Crippen molar-refractivity contribution in [3.63, 3.8) is 0 Å². The minimum atomic E-state index is 0.361. The Kier molecular flexibility index (Phi) is 10.9. The van der Waals surface area contributed by atoms with E-state index in [-0.39, 0.29) is 0 Å². The third kappa shape index (κ3) is 9.15. The summed E-state index contributed by atoms with van der Waals surface area (Å²) in [7, 11) is 0. The second kappa shape index (κ2) is 13.2. The molecule has 1 saturated heterocycles. The highest BCUT2D eigenvalue weighted by Crippen LogP contribution is 2.22. The van der Waals surface area contributed by atoms with Gasteiger partial charge in [0.1, 0.15) is 0 Å². The van der Waals surface area contributed by atoms with Crippen molar-refractivity contribution < 1.29 is 9.47 Å². The molecule has 0 atom stereocenters. The van der Waals surface area contributed by atoms with Crippen LogP contribution in [0.15, 0.2) is 23.2 Å². The molecule has 7 heteroatoms. The molecule has 1 aromatic carbocycles. The molecular weight excluding hydrogens is 385 g/mol. The molecule has 0 spiro atoms. The molecule has 0 saturated carbocycles. The van der Waals surface area contributed by atoms with Gasteiger partial charge in [-0.1, -0.05) is 29.3 Å². The van der Waals surface area contributed by atoms with Crippen molar-refractivity contribution in [2.24, 2.45) is 4.99 Å². The van der Waals surface area contributed by atoms with E-state index in [2.05, 4.69) is 22.5 Å². The molecule has 0 bridgehead atoms. The normalized spacial score (nSPS) is 15.7. The van der Waals surface area contributed by atoms with Crippen molar-refractivity contribution in [1.29, 1.82) is 0 Å². The molecule has 1 aromatic rings. The number of rotatable bonds is 10. The van der Waals surface area contributed by atoms with E-state index >= 15 is 0 Å². The highest BCUT2D eigenvalue weighted by Gasteiger charge is 2.13. The average Bonchev–Trinajstić information content (AvgIpc) is 2.67. The Morgan fingerprint density at radius 3 is 2.78 bits per heavy atom. The lowest BCUT2D eigenvalue weighted by Gasteiger charge is -2.22. The van der Waals surface area contributed by atoms with Crippen LogP contribution in [-0.4, -0.2) is 51.5 Å². The first kappa shape index (κ1) is 22.3. The maximum atomic E-state index is 6.21. The van der Waals surface area contributed by atoms with E-state index in [0.29, 0.717) is 11.1 Å². The Balaban J connectivity index is 1.62. The summed E-state index contributed by atoms with van der Waals surface area (Å²) in [5.41, 5.74) is 1.11. The third-order valence-corrected chi connectivity index (χ3v) is 4.96. The predicted octanol–water partition coefficient (Wildman–Crippen LogP) is 4.07. The molecular formula is C20H31Cl2N3O2. The second-order valence-electron chi connectivity index (χ2n) is 6.56. The minimum absolute atomic E-state index is 0.361. The summed E-state index contributed by atoms with van der Waals surface area (Å²) in [5, 5.41) is 8.04. The van der Waals surface area contributed by atoms with Gasteiger partial charge in [-0.3, -0.25) is 4.99 Å². The standard InChI is InChI=1S/C20H31Cl2N3O2/c1-2-23-20(25-11-4-12-27-18-8-13-26-14-9-18)24-10-3-5-16-6-7-17(21)15-19(16)22/h6-7,15,18H,2-5,8-14H2,1H3,(H2,23,24,25). The fraction of sp³-hybridized carbons (Fsp3) is 0.650. The highest BCUT2D eigenvalue weighted by molar-refractivity contribution is 6.35. The highest BCUT2D eigenvalue weighted by atomic mass is 35.5. The lowest BCUT2D eigenvalue weighted by atomic mass is 10.1. The summed E-state index contributed by atoms with van der Waals surface area (Å²) in [6.45, 7) is 6.91. The summed E-state index contributed by atoms with van der Waals surface area (Å²) in [6, 6.07) is 5.64. The van der Waals surface area contributed by atoms with E-state index < -0.39 is 0 Å². The van der Waals surface area contributed by atoms with Crippen molar-refractivity contribution in [3.8, 4) is 0 Å². The fourth-order valence-corrected chi connectivity index (χ4v) is 3.40.